The number of nitriles is 1. The van der Waals surface area contributed by atoms with Gasteiger partial charge in [-0.05, 0) is 19.1 Å². The summed E-state index contributed by atoms with van der Waals surface area (Å²) in [4.78, 5) is 13.2. The predicted molar refractivity (Wildman–Crippen MR) is 67.5 cm³/mol. The molecule has 1 amide bonds. The molecule has 0 saturated carbocycles. The van der Waals surface area contributed by atoms with Crippen molar-refractivity contribution in [2.24, 2.45) is 0 Å². The van der Waals surface area contributed by atoms with Gasteiger partial charge in [0.05, 0.1) is 23.5 Å². The van der Waals surface area contributed by atoms with E-state index in [1.54, 1.807) is 30.1 Å². The van der Waals surface area contributed by atoms with Gasteiger partial charge in [0.2, 0.25) is 5.91 Å². The van der Waals surface area contributed by atoms with Crippen LogP contribution in [0.5, 0.6) is 0 Å². The van der Waals surface area contributed by atoms with Crippen LogP contribution in [0.1, 0.15) is 12.5 Å². The number of nitrogen functional groups attached to an aromatic ring is 1. The summed E-state index contributed by atoms with van der Waals surface area (Å²) in [5, 5.41) is 11.6. The second-order valence-corrected chi connectivity index (χ2v) is 3.66. The molecule has 5 heteroatoms. The molecule has 0 saturated heterocycles. The molecular formula is C12H16N4O. The Morgan fingerprint density at radius 3 is 2.88 bits per heavy atom. The molecule has 0 radical (unpaired) electrons. The standard InChI is InChI=1S/C12H16N4O/c1-3-15-11(17)8-16(2)10-6-4-5-9(7-13)12(10)14/h4-6H,3,8,14H2,1-2H3,(H,15,17). The van der Waals surface area contributed by atoms with Crippen LogP contribution in [-0.2, 0) is 4.79 Å². The van der Waals surface area contributed by atoms with Crippen molar-refractivity contribution in [3.05, 3.63) is 23.8 Å². The third kappa shape index (κ3) is 3.11. The molecule has 5 nitrogen and oxygen atoms in total. The third-order valence-electron chi connectivity index (χ3n) is 2.37. The van der Waals surface area contributed by atoms with Gasteiger partial charge < -0.3 is 16.0 Å². The van der Waals surface area contributed by atoms with Crippen molar-refractivity contribution in [1.82, 2.24) is 5.32 Å². The van der Waals surface area contributed by atoms with E-state index in [-0.39, 0.29) is 12.5 Å². The first-order valence-electron chi connectivity index (χ1n) is 5.36. The molecule has 0 aromatic heterocycles. The molecule has 1 rings (SSSR count). The Hall–Kier alpha value is -2.22. The minimum atomic E-state index is -0.0724. The van der Waals surface area contributed by atoms with Crippen LogP contribution < -0.4 is 16.0 Å². The van der Waals surface area contributed by atoms with Crippen molar-refractivity contribution in [3.63, 3.8) is 0 Å². The van der Waals surface area contributed by atoms with Gasteiger partial charge in [0.25, 0.3) is 0 Å². The zero-order valence-electron chi connectivity index (χ0n) is 10.0. The van der Waals surface area contributed by atoms with E-state index in [0.29, 0.717) is 23.5 Å². The number of nitrogens with one attached hydrogen (secondary N) is 1. The Kier molecular flexibility index (Phi) is 4.35. The van der Waals surface area contributed by atoms with Crippen molar-refractivity contribution in [2.75, 3.05) is 30.8 Å². The lowest BCUT2D eigenvalue weighted by molar-refractivity contribution is -0.119. The minimum absolute atomic E-state index is 0.0724. The maximum atomic E-state index is 11.4. The van der Waals surface area contributed by atoms with Gasteiger partial charge in [-0.25, -0.2) is 0 Å². The SMILES string of the molecule is CCNC(=O)CN(C)c1cccc(C#N)c1N. The molecule has 0 spiro atoms. The van der Waals surface area contributed by atoms with Gasteiger partial charge in [0, 0.05) is 13.6 Å². The Morgan fingerprint density at radius 1 is 1.59 bits per heavy atom. The summed E-state index contributed by atoms with van der Waals surface area (Å²) in [5.41, 5.74) is 7.36. The molecule has 0 bridgehead atoms. The molecule has 17 heavy (non-hydrogen) atoms. The van der Waals surface area contributed by atoms with Gasteiger partial charge in [0.1, 0.15) is 6.07 Å². The first-order valence-corrected chi connectivity index (χ1v) is 5.36. The predicted octanol–water partition coefficient (Wildman–Crippen LogP) is 0.713. The average molecular weight is 232 g/mol. The Balaban J connectivity index is 2.86. The molecule has 0 aliphatic heterocycles. The Bertz CT molecular complexity index is 450. The largest absolute Gasteiger partial charge is 0.396 e. The molecule has 1 aromatic rings. The lowest BCUT2D eigenvalue weighted by atomic mass is 10.1. The molecule has 0 unspecified atom stereocenters. The van der Waals surface area contributed by atoms with Crippen LogP contribution in [0.2, 0.25) is 0 Å². The second-order valence-electron chi connectivity index (χ2n) is 3.66. The number of para-hydroxylation sites is 1. The number of benzene rings is 1. The van der Waals surface area contributed by atoms with Crippen LogP contribution in [0.4, 0.5) is 11.4 Å². The van der Waals surface area contributed by atoms with Crippen LogP contribution in [0.25, 0.3) is 0 Å². The van der Waals surface area contributed by atoms with Crippen molar-refractivity contribution >= 4 is 17.3 Å². The highest BCUT2D eigenvalue weighted by Crippen LogP contribution is 2.24. The number of carbonyl (C=O) groups excluding carboxylic acids is 1. The molecule has 0 atom stereocenters. The van der Waals surface area contributed by atoms with E-state index in [1.165, 1.54) is 0 Å². The van der Waals surface area contributed by atoms with Gasteiger partial charge in [-0.3, -0.25) is 4.79 Å². The molecule has 1 aromatic carbocycles. The monoisotopic (exact) mass is 232 g/mol. The van der Waals surface area contributed by atoms with Crippen LogP contribution >= 0.6 is 0 Å². The van der Waals surface area contributed by atoms with Crippen LogP contribution in [-0.4, -0.2) is 26.0 Å². The maximum Gasteiger partial charge on any atom is 0.239 e. The van der Waals surface area contributed by atoms with Crippen molar-refractivity contribution in [1.29, 1.82) is 5.26 Å². The maximum absolute atomic E-state index is 11.4. The normalized spacial score (nSPS) is 9.47. The molecular weight excluding hydrogens is 216 g/mol. The molecule has 3 N–H and O–H groups in total. The number of nitrogens with zero attached hydrogens (tertiary/aromatic N) is 2. The van der Waals surface area contributed by atoms with Gasteiger partial charge >= 0.3 is 0 Å². The van der Waals surface area contributed by atoms with E-state index in [4.69, 9.17) is 11.0 Å². The summed E-state index contributed by atoms with van der Waals surface area (Å²) < 4.78 is 0. The first-order chi connectivity index (χ1) is 8.10. The summed E-state index contributed by atoms with van der Waals surface area (Å²) in [5.74, 6) is -0.0724. The van der Waals surface area contributed by atoms with E-state index >= 15 is 0 Å². The third-order valence-corrected chi connectivity index (χ3v) is 2.37. The number of nitrogens with two attached hydrogens (primary N) is 1. The van der Waals surface area contributed by atoms with Gasteiger partial charge in [-0.2, -0.15) is 5.26 Å². The van der Waals surface area contributed by atoms with Crippen LogP contribution in [0, 0.1) is 11.3 Å². The number of amides is 1. The molecule has 0 fully saturated rings. The summed E-state index contributed by atoms with van der Waals surface area (Å²) in [6.45, 7) is 2.68. The van der Waals surface area contributed by atoms with Gasteiger partial charge in [0.15, 0.2) is 0 Å². The Labute approximate surface area is 101 Å². The molecule has 0 heterocycles. The number of hydrogen-bond donors (Lipinski definition) is 2. The zero-order chi connectivity index (χ0) is 12.8. The summed E-state index contributed by atoms with van der Waals surface area (Å²) in [7, 11) is 1.77. The highest BCUT2D eigenvalue weighted by molar-refractivity contribution is 5.83. The van der Waals surface area contributed by atoms with Crippen LogP contribution in [0.15, 0.2) is 18.2 Å². The second kappa shape index (κ2) is 5.75. The van der Waals surface area contributed by atoms with E-state index in [2.05, 4.69) is 5.32 Å². The number of likely N-dealkylation sites (N-methyl/N-ethyl adjacent to an activating group) is 2. The summed E-state index contributed by atoms with van der Waals surface area (Å²) in [6.07, 6.45) is 0. The van der Waals surface area contributed by atoms with Crippen molar-refractivity contribution in [2.45, 2.75) is 6.92 Å². The fourth-order valence-corrected chi connectivity index (χ4v) is 1.54. The highest BCUT2D eigenvalue weighted by atomic mass is 16.2. The van der Waals surface area contributed by atoms with Crippen molar-refractivity contribution < 1.29 is 4.79 Å². The minimum Gasteiger partial charge on any atom is -0.396 e. The number of anilines is 2. The summed E-state index contributed by atoms with van der Waals surface area (Å²) >= 11 is 0. The molecule has 0 aliphatic rings. The number of rotatable bonds is 4. The number of hydrogen-bond acceptors (Lipinski definition) is 4. The topological polar surface area (TPSA) is 82.2 Å². The average Bonchev–Trinajstić information content (AvgIpc) is 2.29. The first kappa shape index (κ1) is 12.8. The lowest BCUT2D eigenvalue weighted by Gasteiger charge is -2.20. The Morgan fingerprint density at radius 2 is 2.29 bits per heavy atom. The van der Waals surface area contributed by atoms with Crippen molar-refractivity contribution in [3.8, 4) is 6.07 Å². The smallest absolute Gasteiger partial charge is 0.239 e. The molecule has 0 aliphatic carbocycles. The van der Waals surface area contributed by atoms with E-state index in [9.17, 15) is 4.79 Å². The quantitative estimate of drug-likeness (QED) is 0.749. The molecule has 90 valence electrons. The van der Waals surface area contributed by atoms with Crippen LogP contribution in [0.3, 0.4) is 0 Å². The fourth-order valence-electron chi connectivity index (χ4n) is 1.54. The van der Waals surface area contributed by atoms with Gasteiger partial charge in [-0.15, -0.1) is 0 Å². The van der Waals surface area contributed by atoms with E-state index in [0.717, 1.165) is 0 Å². The van der Waals surface area contributed by atoms with E-state index in [1.807, 2.05) is 13.0 Å². The zero-order valence-corrected chi connectivity index (χ0v) is 10.0. The number of carbonyl (C=O) groups is 1. The lowest BCUT2D eigenvalue weighted by Crippen LogP contribution is -2.35. The highest BCUT2D eigenvalue weighted by Gasteiger charge is 2.11. The fraction of sp³-hybridized carbons (Fsp3) is 0.333. The van der Waals surface area contributed by atoms with Gasteiger partial charge in [-0.1, -0.05) is 6.07 Å². The van der Waals surface area contributed by atoms with E-state index < -0.39 is 0 Å². The summed E-state index contributed by atoms with van der Waals surface area (Å²) in [6, 6.07) is 7.20.